The lowest BCUT2D eigenvalue weighted by Gasteiger charge is -2.21. The van der Waals surface area contributed by atoms with Gasteiger partial charge in [0.05, 0.1) is 10.6 Å². The molecule has 0 aliphatic carbocycles. The molecule has 0 saturated heterocycles. The van der Waals surface area contributed by atoms with Crippen LogP contribution in [0.25, 0.3) is 0 Å². The highest BCUT2D eigenvalue weighted by Crippen LogP contribution is 2.16. The number of halogens is 1. The molecule has 0 bridgehead atoms. The van der Waals surface area contributed by atoms with Gasteiger partial charge >= 0.3 is 5.97 Å². The minimum absolute atomic E-state index is 0.0426. The van der Waals surface area contributed by atoms with E-state index in [4.69, 9.17) is 27.3 Å². The number of Topliss-reactive ketones (excluding diaryl/α,β-unsaturated/α-hetero) is 1. The van der Waals surface area contributed by atoms with Gasteiger partial charge in [0.25, 0.3) is 5.91 Å². The maximum atomic E-state index is 12.3. The van der Waals surface area contributed by atoms with E-state index in [1.54, 1.807) is 38.1 Å². The van der Waals surface area contributed by atoms with E-state index < -0.39 is 30.3 Å². The zero-order valence-corrected chi connectivity index (χ0v) is 15.5. The number of nitrogens with two attached hydrogens (primary N) is 1. The molecule has 138 valence electrons. The molecule has 1 amide bonds. The molecule has 1 rings (SSSR count). The molecule has 0 heterocycles. The summed E-state index contributed by atoms with van der Waals surface area (Å²) in [6, 6.07) is 7.09. The average Bonchev–Trinajstić information content (AvgIpc) is 2.57. The highest BCUT2D eigenvalue weighted by molar-refractivity contribution is 6.33. The van der Waals surface area contributed by atoms with Gasteiger partial charge in [-0.25, -0.2) is 4.79 Å². The summed E-state index contributed by atoms with van der Waals surface area (Å²) in [7, 11) is 0. The van der Waals surface area contributed by atoms with Crippen molar-refractivity contribution in [2.45, 2.75) is 26.8 Å². The van der Waals surface area contributed by atoms with Gasteiger partial charge in [-0.1, -0.05) is 37.6 Å². The van der Waals surface area contributed by atoms with Crippen molar-refractivity contribution in [3.8, 4) is 6.07 Å². The zero-order valence-electron chi connectivity index (χ0n) is 14.7. The van der Waals surface area contributed by atoms with Crippen LogP contribution in [0.3, 0.4) is 0 Å². The molecule has 1 aromatic carbocycles. The Hall–Kier alpha value is -2.85. The van der Waals surface area contributed by atoms with Crippen LogP contribution in [0.5, 0.6) is 0 Å². The van der Waals surface area contributed by atoms with E-state index in [9.17, 15) is 14.4 Å². The van der Waals surface area contributed by atoms with E-state index in [0.29, 0.717) is 0 Å². The Balaban J connectivity index is 2.81. The summed E-state index contributed by atoms with van der Waals surface area (Å²) in [5, 5.41) is 11.7. The number of rotatable bonds is 7. The number of ketones is 1. The number of ether oxygens (including phenoxy) is 1. The topological polar surface area (TPSA) is 122 Å². The van der Waals surface area contributed by atoms with E-state index in [-0.39, 0.29) is 27.8 Å². The molecule has 0 radical (unpaired) electrons. The third-order valence-electron chi connectivity index (χ3n) is 3.46. The molecule has 0 fully saturated rings. The van der Waals surface area contributed by atoms with E-state index in [1.807, 2.05) is 0 Å². The van der Waals surface area contributed by atoms with Crippen molar-refractivity contribution in [2.75, 3.05) is 6.61 Å². The van der Waals surface area contributed by atoms with Gasteiger partial charge in [0, 0.05) is 5.70 Å². The Labute approximate surface area is 156 Å². The molecule has 0 aliphatic heterocycles. The van der Waals surface area contributed by atoms with Crippen molar-refractivity contribution in [1.82, 2.24) is 5.32 Å². The lowest BCUT2D eigenvalue weighted by molar-refractivity contribution is -0.150. The highest BCUT2D eigenvalue weighted by atomic mass is 35.5. The molecule has 0 unspecified atom stereocenters. The number of nitrogens with zero attached hydrogens (tertiary/aromatic N) is 1. The van der Waals surface area contributed by atoms with Crippen LogP contribution < -0.4 is 11.1 Å². The Morgan fingerprint density at radius 3 is 2.42 bits per heavy atom. The fraction of sp³-hybridized carbons (Fsp3) is 0.333. The molecule has 8 heteroatoms. The van der Waals surface area contributed by atoms with Crippen molar-refractivity contribution in [2.24, 2.45) is 11.7 Å². The van der Waals surface area contributed by atoms with Crippen molar-refractivity contribution in [3.05, 3.63) is 46.1 Å². The maximum Gasteiger partial charge on any atom is 0.329 e. The van der Waals surface area contributed by atoms with Crippen molar-refractivity contribution >= 4 is 29.3 Å². The van der Waals surface area contributed by atoms with Gasteiger partial charge < -0.3 is 15.8 Å². The Morgan fingerprint density at radius 2 is 1.92 bits per heavy atom. The average molecular weight is 378 g/mol. The second-order valence-electron chi connectivity index (χ2n) is 5.88. The molecular formula is C18H20ClN3O4. The second-order valence-corrected chi connectivity index (χ2v) is 6.28. The summed E-state index contributed by atoms with van der Waals surface area (Å²) in [6.45, 7) is 4.19. The van der Waals surface area contributed by atoms with Crippen LogP contribution >= 0.6 is 11.6 Å². The minimum Gasteiger partial charge on any atom is -0.456 e. The number of nitriles is 1. The summed E-state index contributed by atoms with van der Waals surface area (Å²) in [4.78, 5) is 36.5. The zero-order chi connectivity index (χ0) is 19.9. The van der Waals surface area contributed by atoms with Crippen LogP contribution in [0.15, 0.2) is 35.5 Å². The number of hydrogen-bond donors (Lipinski definition) is 2. The molecule has 0 aromatic heterocycles. The first-order valence-electron chi connectivity index (χ1n) is 7.80. The molecule has 0 saturated carbocycles. The molecule has 1 aromatic rings. The Kier molecular flexibility index (Phi) is 7.81. The fourth-order valence-corrected chi connectivity index (χ4v) is 2.25. The number of carbonyl (C=O) groups excluding carboxylic acids is 3. The number of amides is 1. The summed E-state index contributed by atoms with van der Waals surface area (Å²) in [6.07, 6.45) is 0. The van der Waals surface area contributed by atoms with Gasteiger partial charge in [-0.3, -0.25) is 9.59 Å². The molecular weight excluding hydrogens is 358 g/mol. The van der Waals surface area contributed by atoms with Crippen LogP contribution in [0.4, 0.5) is 0 Å². The lowest BCUT2D eigenvalue weighted by atomic mass is 10.0. The number of benzene rings is 1. The fourth-order valence-electron chi connectivity index (χ4n) is 2.03. The van der Waals surface area contributed by atoms with Crippen molar-refractivity contribution in [1.29, 1.82) is 5.26 Å². The first-order chi connectivity index (χ1) is 12.2. The van der Waals surface area contributed by atoms with Crippen LogP contribution in [-0.2, 0) is 14.3 Å². The van der Waals surface area contributed by atoms with Gasteiger partial charge in [-0.15, -0.1) is 0 Å². The molecule has 0 spiro atoms. The normalized spacial score (nSPS) is 12.6. The Morgan fingerprint density at radius 1 is 1.31 bits per heavy atom. The van der Waals surface area contributed by atoms with E-state index >= 15 is 0 Å². The largest absolute Gasteiger partial charge is 0.456 e. The maximum absolute atomic E-state index is 12.3. The monoisotopic (exact) mass is 377 g/mol. The number of hydrogen-bond acceptors (Lipinski definition) is 6. The molecule has 1 atom stereocenters. The van der Waals surface area contributed by atoms with Crippen molar-refractivity contribution < 1.29 is 19.1 Å². The Bertz CT molecular complexity index is 777. The van der Waals surface area contributed by atoms with Gasteiger partial charge in [-0.05, 0) is 25.0 Å². The van der Waals surface area contributed by atoms with Crippen LogP contribution in [0.2, 0.25) is 5.02 Å². The van der Waals surface area contributed by atoms with Crippen molar-refractivity contribution in [3.63, 3.8) is 0 Å². The van der Waals surface area contributed by atoms with Gasteiger partial charge in [0.1, 0.15) is 17.7 Å². The quantitative estimate of drug-likeness (QED) is 0.425. The van der Waals surface area contributed by atoms with Crippen LogP contribution in [0.1, 0.15) is 31.1 Å². The number of carbonyl (C=O) groups is 3. The van der Waals surface area contributed by atoms with E-state index in [0.717, 1.165) is 0 Å². The number of allylic oxidation sites excluding steroid dienone is 1. The summed E-state index contributed by atoms with van der Waals surface area (Å²) >= 11 is 5.98. The first kappa shape index (κ1) is 21.2. The van der Waals surface area contributed by atoms with Gasteiger partial charge in [0.2, 0.25) is 5.78 Å². The number of nitrogens with one attached hydrogen (secondary N) is 1. The molecule has 3 N–H and O–H groups in total. The van der Waals surface area contributed by atoms with Crippen LogP contribution in [-0.4, -0.2) is 30.3 Å². The summed E-state index contributed by atoms with van der Waals surface area (Å²) < 4.78 is 4.95. The predicted molar refractivity (Wildman–Crippen MR) is 96.0 cm³/mol. The number of esters is 1. The standard InChI is InChI=1S/C18H20ClN3O4/c1-10(2)16(22-17(24)12-6-4-5-7-14(12)19)18(25)26-9-15(23)13(8-20)11(3)21/h4-7,10,16H,9,21H2,1-3H3,(H,22,24)/b13-11+/t16-/m0/s1. The van der Waals surface area contributed by atoms with Gasteiger partial charge in [0.15, 0.2) is 6.61 Å². The molecule has 7 nitrogen and oxygen atoms in total. The molecule has 0 aliphatic rings. The summed E-state index contributed by atoms with van der Waals surface area (Å²) in [5.41, 5.74) is 5.43. The SMILES string of the molecule is C/C(N)=C(/C#N)C(=O)COC(=O)[C@@H](NC(=O)c1ccccc1Cl)C(C)C. The smallest absolute Gasteiger partial charge is 0.329 e. The highest BCUT2D eigenvalue weighted by Gasteiger charge is 2.27. The third-order valence-corrected chi connectivity index (χ3v) is 3.79. The second kappa shape index (κ2) is 9.59. The lowest BCUT2D eigenvalue weighted by Crippen LogP contribution is -2.45. The third kappa shape index (κ3) is 5.60. The van der Waals surface area contributed by atoms with E-state index in [2.05, 4.69) is 5.32 Å². The van der Waals surface area contributed by atoms with Crippen LogP contribution in [0, 0.1) is 17.2 Å². The van der Waals surface area contributed by atoms with E-state index in [1.165, 1.54) is 13.0 Å². The van der Waals surface area contributed by atoms with Gasteiger partial charge in [-0.2, -0.15) is 5.26 Å². The first-order valence-corrected chi connectivity index (χ1v) is 8.18. The summed E-state index contributed by atoms with van der Waals surface area (Å²) in [5.74, 6) is -2.33. The molecule has 26 heavy (non-hydrogen) atoms. The minimum atomic E-state index is -0.986. The predicted octanol–water partition coefficient (Wildman–Crippen LogP) is 1.96.